The highest BCUT2D eigenvalue weighted by Crippen LogP contribution is 2.39. The van der Waals surface area contributed by atoms with E-state index in [9.17, 15) is 14.7 Å². The number of amides is 1. The van der Waals surface area contributed by atoms with Crippen LogP contribution in [0.5, 0.6) is 11.5 Å². The molecule has 168 valence electrons. The maximum atomic E-state index is 13.1. The Kier molecular flexibility index (Phi) is 6.40. The fourth-order valence-corrected chi connectivity index (χ4v) is 4.04. The van der Waals surface area contributed by atoms with E-state index in [4.69, 9.17) is 9.47 Å². The normalized spacial score (nSPS) is 17.3. The van der Waals surface area contributed by atoms with Gasteiger partial charge in [0, 0.05) is 24.5 Å². The van der Waals surface area contributed by atoms with E-state index in [0.717, 1.165) is 11.1 Å². The van der Waals surface area contributed by atoms with Crippen LogP contribution in [-0.4, -0.2) is 47.4 Å². The number of hydrogen-bond donors (Lipinski definition) is 1. The number of Topliss-reactive ketones (excluding diaryl/α,β-unsaturated/α-hetero) is 1. The van der Waals surface area contributed by atoms with Crippen LogP contribution in [0, 0.1) is 0 Å². The number of likely N-dealkylation sites (tertiary alicyclic amines) is 1. The number of nitrogens with zero attached hydrogens (tertiary/aromatic N) is 2. The summed E-state index contributed by atoms with van der Waals surface area (Å²) in [6, 6.07) is 17.3. The van der Waals surface area contributed by atoms with E-state index in [0.29, 0.717) is 23.5 Å². The lowest BCUT2D eigenvalue weighted by atomic mass is 9.95. The van der Waals surface area contributed by atoms with Crippen molar-refractivity contribution in [1.29, 1.82) is 0 Å². The summed E-state index contributed by atoms with van der Waals surface area (Å²) < 4.78 is 10.7. The van der Waals surface area contributed by atoms with Crippen molar-refractivity contribution >= 4 is 17.4 Å². The first kappa shape index (κ1) is 22.1. The summed E-state index contributed by atoms with van der Waals surface area (Å²) in [7, 11) is 3.13. The van der Waals surface area contributed by atoms with Gasteiger partial charge >= 0.3 is 0 Å². The first-order valence-electron chi connectivity index (χ1n) is 10.5. The van der Waals surface area contributed by atoms with Gasteiger partial charge in [-0.2, -0.15) is 0 Å². The highest BCUT2D eigenvalue weighted by atomic mass is 16.5. The van der Waals surface area contributed by atoms with Crippen LogP contribution in [-0.2, 0) is 16.0 Å². The number of aromatic nitrogens is 1. The van der Waals surface area contributed by atoms with Crippen molar-refractivity contribution in [3.05, 3.63) is 95.3 Å². The van der Waals surface area contributed by atoms with Crippen LogP contribution < -0.4 is 9.47 Å². The Balaban J connectivity index is 1.71. The fourth-order valence-electron chi connectivity index (χ4n) is 4.04. The molecule has 0 saturated carbocycles. The van der Waals surface area contributed by atoms with Gasteiger partial charge in [-0.25, -0.2) is 0 Å². The lowest BCUT2D eigenvalue weighted by Crippen LogP contribution is -2.31. The molecule has 4 rings (SSSR count). The molecule has 1 aromatic heterocycles. The van der Waals surface area contributed by atoms with E-state index >= 15 is 0 Å². The first-order chi connectivity index (χ1) is 16.0. The number of hydrogen-bond acceptors (Lipinski definition) is 6. The molecule has 1 unspecified atom stereocenters. The lowest BCUT2D eigenvalue weighted by Gasteiger charge is -2.25. The van der Waals surface area contributed by atoms with Crippen molar-refractivity contribution in [2.45, 2.75) is 12.5 Å². The van der Waals surface area contributed by atoms with E-state index in [1.54, 1.807) is 32.4 Å². The van der Waals surface area contributed by atoms with Crippen LogP contribution in [0.15, 0.2) is 78.6 Å². The van der Waals surface area contributed by atoms with E-state index in [-0.39, 0.29) is 17.9 Å². The molecule has 2 aromatic carbocycles. The predicted octanol–water partition coefficient (Wildman–Crippen LogP) is 3.76. The van der Waals surface area contributed by atoms with Gasteiger partial charge in [0.1, 0.15) is 5.76 Å². The number of pyridine rings is 1. The standard InChI is InChI=1S/C26H24N2O5/c1-32-20-9-8-17(16-21(20)33-2)12-15-28-23(18-6-4-3-5-7-18)22(25(30)26(28)31)24(29)19-10-13-27-14-11-19/h3-11,13-14,16,23,29H,12,15H2,1-2H3/b24-22+. The first-order valence-corrected chi connectivity index (χ1v) is 10.5. The Labute approximate surface area is 191 Å². The van der Waals surface area contributed by atoms with Crippen LogP contribution >= 0.6 is 0 Å². The summed E-state index contributed by atoms with van der Waals surface area (Å²) in [6.07, 6.45) is 3.55. The van der Waals surface area contributed by atoms with Gasteiger partial charge in [-0.1, -0.05) is 36.4 Å². The number of methoxy groups -OCH3 is 2. The third-order valence-corrected chi connectivity index (χ3v) is 5.70. The van der Waals surface area contributed by atoms with Crippen LogP contribution in [0.25, 0.3) is 5.76 Å². The Bertz CT molecular complexity index is 1190. The Hall–Kier alpha value is -4.13. The molecule has 1 amide bonds. The molecule has 1 saturated heterocycles. The largest absolute Gasteiger partial charge is 0.507 e. The SMILES string of the molecule is COc1ccc(CCN2C(=O)C(=O)/C(=C(/O)c3ccncc3)C2c2ccccc2)cc1OC. The molecule has 3 aromatic rings. The number of ether oxygens (including phenoxy) is 2. The number of benzene rings is 2. The summed E-state index contributed by atoms with van der Waals surface area (Å²) in [4.78, 5) is 31.6. The van der Waals surface area contributed by atoms with Gasteiger partial charge in [-0.3, -0.25) is 14.6 Å². The second-order valence-electron chi connectivity index (χ2n) is 7.58. The van der Waals surface area contributed by atoms with Crippen molar-refractivity contribution in [1.82, 2.24) is 9.88 Å². The summed E-state index contributed by atoms with van der Waals surface area (Å²) in [5, 5.41) is 11.0. The Morgan fingerprint density at radius 3 is 2.33 bits per heavy atom. The van der Waals surface area contributed by atoms with Crippen molar-refractivity contribution in [3.63, 3.8) is 0 Å². The van der Waals surface area contributed by atoms with Gasteiger partial charge in [0.05, 0.1) is 25.8 Å². The average Bonchev–Trinajstić information content (AvgIpc) is 3.12. The zero-order valence-corrected chi connectivity index (χ0v) is 18.4. The van der Waals surface area contributed by atoms with Crippen LogP contribution in [0.1, 0.15) is 22.7 Å². The Morgan fingerprint density at radius 2 is 1.67 bits per heavy atom. The van der Waals surface area contributed by atoms with Crippen LogP contribution in [0.2, 0.25) is 0 Å². The molecule has 0 aliphatic carbocycles. The molecule has 0 radical (unpaired) electrons. The molecule has 0 spiro atoms. The minimum absolute atomic E-state index is 0.0738. The number of aliphatic hydroxyl groups is 1. The smallest absolute Gasteiger partial charge is 0.295 e. The fraction of sp³-hybridized carbons (Fsp3) is 0.192. The molecule has 1 atom stereocenters. The Morgan fingerprint density at radius 1 is 0.970 bits per heavy atom. The third-order valence-electron chi connectivity index (χ3n) is 5.70. The maximum Gasteiger partial charge on any atom is 0.295 e. The van der Waals surface area contributed by atoms with Gasteiger partial charge in [-0.05, 0) is 41.8 Å². The number of carbonyl (C=O) groups excluding carboxylic acids is 2. The summed E-state index contributed by atoms with van der Waals surface area (Å²) in [6.45, 7) is 0.284. The zero-order chi connectivity index (χ0) is 23.4. The van der Waals surface area contributed by atoms with Gasteiger partial charge in [0.25, 0.3) is 11.7 Å². The number of carbonyl (C=O) groups is 2. The predicted molar refractivity (Wildman–Crippen MR) is 123 cm³/mol. The highest BCUT2D eigenvalue weighted by Gasteiger charge is 2.45. The molecule has 7 nitrogen and oxygen atoms in total. The second-order valence-corrected chi connectivity index (χ2v) is 7.58. The molecule has 0 bridgehead atoms. The number of rotatable bonds is 7. The molecular weight excluding hydrogens is 420 g/mol. The molecule has 7 heteroatoms. The average molecular weight is 444 g/mol. The molecule has 2 heterocycles. The number of aliphatic hydroxyl groups excluding tert-OH is 1. The third kappa shape index (κ3) is 4.30. The summed E-state index contributed by atoms with van der Waals surface area (Å²) in [5.41, 5.74) is 2.18. The topological polar surface area (TPSA) is 89.0 Å². The summed E-state index contributed by atoms with van der Waals surface area (Å²) in [5.74, 6) is -0.346. The van der Waals surface area contributed by atoms with Crippen molar-refractivity contribution in [3.8, 4) is 11.5 Å². The lowest BCUT2D eigenvalue weighted by molar-refractivity contribution is -0.139. The molecule has 1 N–H and O–H groups in total. The van der Waals surface area contributed by atoms with Crippen molar-refractivity contribution in [2.75, 3.05) is 20.8 Å². The van der Waals surface area contributed by atoms with E-state index in [1.165, 1.54) is 17.3 Å². The van der Waals surface area contributed by atoms with Gasteiger partial charge in [0.2, 0.25) is 0 Å². The van der Waals surface area contributed by atoms with Crippen molar-refractivity contribution in [2.24, 2.45) is 0 Å². The van der Waals surface area contributed by atoms with Gasteiger partial charge in [0.15, 0.2) is 11.5 Å². The second kappa shape index (κ2) is 9.56. The van der Waals surface area contributed by atoms with Crippen LogP contribution in [0.3, 0.4) is 0 Å². The van der Waals surface area contributed by atoms with Crippen molar-refractivity contribution < 1.29 is 24.2 Å². The maximum absolute atomic E-state index is 13.1. The molecule has 1 fully saturated rings. The van der Waals surface area contributed by atoms with Gasteiger partial charge in [-0.15, -0.1) is 0 Å². The summed E-state index contributed by atoms with van der Waals surface area (Å²) >= 11 is 0. The highest BCUT2D eigenvalue weighted by molar-refractivity contribution is 6.46. The minimum atomic E-state index is -0.703. The van der Waals surface area contributed by atoms with E-state index in [1.807, 2.05) is 42.5 Å². The minimum Gasteiger partial charge on any atom is -0.507 e. The van der Waals surface area contributed by atoms with Crippen LogP contribution in [0.4, 0.5) is 0 Å². The van der Waals surface area contributed by atoms with Gasteiger partial charge < -0.3 is 19.5 Å². The zero-order valence-electron chi connectivity index (χ0n) is 18.4. The molecule has 1 aliphatic heterocycles. The monoisotopic (exact) mass is 444 g/mol. The number of ketones is 1. The molecule has 33 heavy (non-hydrogen) atoms. The van der Waals surface area contributed by atoms with E-state index in [2.05, 4.69) is 4.98 Å². The van der Waals surface area contributed by atoms with E-state index < -0.39 is 17.7 Å². The quantitative estimate of drug-likeness (QED) is 0.339. The molecule has 1 aliphatic rings. The molecular formula is C26H24N2O5.